The number of rotatable bonds is 4. The molecule has 72 valence electrons. The third-order valence-corrected chi connectivity index (χ3v) is 1.19. The number of ether oxygens (including phenoxy) is 2. The van der Waals surface area contributed by atoms with Crippen LogP contribution in [0, 0.1) is 0 Å². The van der Waals surface area contributed by atoms with Gasteiger partial charge in [-0.1, -0.05) is 0 Å². The Kier molecular flexibility index (Phi) is 5.36. The summed E-state index contributed by atoms with van der Waals surface area (Å²) in [6.07, 6.45) is -2.28. The summed E-state index contributed by atoms with van der Waals surface area (Å²) in [5, 5.41) is 0. The molecule has 0 bridgehead atoms. The minimum absolute atomic E-state index is 0.113. The van der Waals surface area contributed by atoms with Crippen LogP contribution >= 0.6 is 0 Å². The Morgan fingerprint density at radius 3 is 2.58 bits per heavy atom. The molecule has 0 rings (SSSR count). The zero-order valence-electron chi connectivity index (χ0n) is 7.54. The first kappa shape index (κ1) is 11.2. The second-order valence-corrected chi connectivity index (χ2v) is 2.20. The lowest BCUT2D eigenvalue weighted by Crippen LogP contribution is -2.34. The van der Waals surface area contributed by atoms with Gasteiger partial charge in [-0.3, -0.25) is 4.90 Å². The molecule has 0 aliphatic rings. The van der Waals surface area contributed by atoms with Crippen LogP contribution in [0.5, 0.6) is 0 Å². The number of alkyl halides is 1. The van der Waals surface area contributed by atoms with Gasteiger partial charge in [0.05, 0.1) is 0 Å². The predicted molar refractivity (Wildman–Crippen MR) is 41.3 cm³/mol. The highest BCUT2D eigenvalue weighted by Gasteiger charge is 2.14. The van der Waals surface area contributed by atoms with Crippen LogP contribution in [0.1, 0.15) is 13.8 Å². The lowest BCUT2D eigenvalue weighted by Gasteiger charge is -2.19. The van der Waals surface area contributed by atoms with Crippen molar-refractivity contribution in [1.82, 2.24) is 4.90 Å². The Bertz CT molecular complexity index is 141. The fraction of sp³-hybridized carbons (Fsp3) is 0.857. The number of nitrogens with zero attached hydrogens (tertiary/aromatic N) is 1. The smallest absolute Gasteiger partial charge is 0.414 e. The van der Waals surface area contributed by atoms with Crippen LogP contribution in [0.25, 0.3) is 0 Å². The minimum Gasteiger partial charge on any atom is -0.415 e. The first-order chi connectivity index (χ1) is 5.61. The van der Waals surface area contributed by atoms with Crippen LogP contribution in [0.15, 0.2) is 0 Å². The Morgan fingerprint density at radius 2 is 2.25 bits per heavy atom. The summed E-state index contributed by atoms with van der Waals surface area (Å²) in [6.45, 7) is 3.45. The number of carbonyl (C=O) groups is 1. The first-order valence-electron chi connectivity index (χ1n) is 3.70. The summed E-state index contributed by atoms with van der Waals surface area (Å²) < 4.78 is 21.2. The second-order valence-electron chi connectivity index (χ2n) is 2.20. The van der Waals surface area contributed by atoms with Crippen LogP contribution < -0.4 is 0 Å². The average molecular weight is 179 g/mol. The molecule has 1 atom stereocenters. The average Bonchev–Trinajstić information content (AvgIpc) is 1.98. The number of methoxy groups -OCH3 is 1. The topological polar surface area (TPSA) is 38.8 Å². The summed E-state index contributed by atoms with van der Waals surface area (Å²) in [4.78, 5) is 12.2. The number of carbonyl (C=O) groups excluding carboxylic acids is 1. The number of amides is 1. The van der Waals surface area contributed by atoms with E-state index in [-0.39, 0.29) is 6.73 Å². The van der Waals surface area contributed by atoms with E-state index in [9.17, 15) is 9.18 Å². The zero-order chi connectivity index (χ0) is 9.56. The maximum Gasteiger partial charge on any atom is 0.414 e. The van der Waals surface area contributed by atoms with Crippen molar-refractivity contribution in [2.75, 3.05) is 20.4 Å². The third-order valence-electron chi connectivity index (χ3n) is 1.19. The van der Waals surface area contributed by atoms with E-state index in [0.29, 0.717) is 6.54 Å². The Balaban J connectivity index is 3.85. The molecule has 5 heteroatoms. The Hall–Kier alpha value is -0.840. The molecule has 1 unspecified atom stereocenters. The van der Waals surface area contributed by atoms with Crippen LogP contribution in [-0.2, 0) is 9.47 Å². The summed E-state index contributed by atoms with van der Waals surface area (Å²) in [6, 6.07) is 0. The molecule has 0 radical (unpaired) electrons. The molecule has 0 spiro atoms. The largest absolute Gasteiger partial charge is 0.415 e. The molecule has 0 saturated heterocycles. The molecule has 1 amide bonds. The lowest BCUT2D eigenvalue weighted by molar-refractivity contribution is -0.0137. The fourth-order valence-electron chi connectivity index (χ4n) is 0.642. The summed E-state index contributed by atoms with van der Waals surface area (Å²) in [7, 11) is 1.45. The highest BCUT2D eigenvalue weighted by molar-refractivity contribution is 5.67. The van der Waals surface area contributed by atoms with Gasteiger partial charge in [0.25, 0.3) is 0 Å². The van der Waals surface area contributed by atoms with E-state index in [0.717, 1.165) is 6.92 Å². The van der Waals surface area contributed by atoms with Gasteiger partial charge in [-0.15, -0.1) is 0 Å². The quantitative estimate of drug-likeness (QED) is 0.612. The van der Waals surface area contributed by atoms with E-state index < -0.39 is 12.5 Å². The number of halogens is 1. The van der Waals surface area contributed by atoms with Gasteiger partial charge in [-0.25, -0.2) is 9.18 Å². The normalized spacial score (nSPS) is 12.3. The molecule has 0 aromatic rings. The van der Waals surface area contributed by atoms with Gasteiger partial charge in [0, 0.05) is 20.6 Å². The van der Waals surface area contributed by atoms with Gasteiger partial charge < -0.3 is 9.47 Å². The molecular weight excluding hydrogens is 165 g/mol. The predicted octanol–water partition coefficient (Wildman–Crippen LogP) is 1.36. The molecular formula is C7H14FNO3. The van der Waals surface area contributed by atoms with Gasteiger partial charge in [-0.2, -0.15) is 0 Å². The maximum absolute atomic E-state index is 12.2. The van der Waals surface area contributed by atoms with E-state index in [1.54, 1.807) is 6.92 Å². The zero-order valence-corrected chi connectivity index (χ0v) is 7.54. The van der Waals surface area contributed by atoms with Crippen molar-refractivity contribution in [3.05, 3.63) is 0 Å². The third kappa shape index (κ3) is 4.12. The molecule has 0 saturated carbocycles. The van der Waals surface area contributed by atoms with Gasteiger partial charge in [0.15, 0.2) is 0 Å². The molecule has 0 fully saturated rings. The minimum atomic E-state index is -1.58. The molecule has 12 heavy (non-hydrogen) atoms. The van der Waals surface area contributed by atoms with Gasteiger partial charge in [-0.05, 0) is 6.92 Å². The maximum atomic E-state index is 12.2. The van der Waals surface area contributed by atoms with E-state index in [2.05, 4.69) is 4.74 Å². The van der Waals surface area contributed by atoms with Gasteiger partial charge in [0.1, 0.15) is 6.73 Å². The summed E-state index contributed by atoms with van der Waals surface area (Å²) >= 11 is 0. The number of hydrogen-bond donors (Lipinski definition) is 0. The van der Waals surface area contributed by atoms with E-state index in [4.69, 9.17) is 4.74 Å². The van der Waals surface area contributed by atoms with Crippen molar-refractivity contribution in [2.45, 2.75) is 20.2 Å². The van der Waals surface area contributed by atoms with Crippen LogP contribution in [0.3, 0.4) is 0 Å². The fourth-order valence-corrected chi connectivity index (χ4v) is 0.642. The van der Waals surface area contributed by atoms with Crippen molar-refractivity contribution in [1.29, 1.82) is 0 Å². The molecule has 4 nitrogen and oxygen atoms in total. The monoisotopic (exact) mass is 179 g/mol. The lowest BCUT2D eigenvalue weighted by atomic mass is 10.6. The Morgan fingerprint density at radius 1 is 1.67 bits per heavy atom. The molecule has 0 heterocycles. The molecule has 0 aromatic heterocycles. The molecule has 0 aliphatic carbocycles. The van der Waals surface area contributed by atoms with Crippen molar-refractivity contribution < 1.29 is 18.7 Å². The van der Waals surface area contributed by atoms with Crippen LogP contribution in [-0.4, -0.2) is 37.7 Å². The summed E-state index contributed by atoms with van der Waals surface area (Å²) in [5.41, 5.74) is 0. The Labute approximate surface area is 71.2 Å². The highest BCUT2D eigenvalue weighted by Crippen LogP contribution is 1.98. The highest BCUT2D eigenvalue weighted by atomic mass is 19.1. The van der Waals surface area contributed by atoms with E-state index in [1.807, 2.05) is 0 Å². The second kappa shape index (κ2) is 5.77. The first-order valence-corrected chi connectivity index (χ1v) is 3.70. The van der Waals surface area contributed by atoms with Crippen molar-refractivity contribution in [3.63, 3.8) is 0 Å². The molecule has 0 aromatic carbocycles. The van der Waals surface area contributed by atoms with Crippen molar-refractivity contribution >= 4 is 6.09 Å². The van der Waals surface area contributed by atoms with E-state index in [1.165, 1.54) is 12.0 Å². The van der Waals surface area contributed by atoms with E-state index >= 15 is 0 Å². The van der Waals surface area contributed by atoms with Gasteiger partial charge in [0.2, 0.25) is 6.36 Å². The van der Waals surface area contributed by atoms with Crippen LogP contribution in [0.4, 0.5) is 9.18 Å². The standard InChI is InChI=1S/C7H14FNO3/c1-4-9(5-11-3)7(10)12-6(2)8/h6H,4-5H2,1-3H3. The van der Waals surface area contributed by atoms with Crippen LogP contribution in [0.2, 0.25) is 0 Å². The SMILES string of the molecule is CCN(COC)C(=O)OC(C)F. The molecule has 0 N–H and O–H groups in total. The summed E-state index contributed by atoms with van der Waals surface area (Å²) in [5.74, 6) is 0. The number of hydrogen-bond acceptors (Lipinski definition) is 3. The van der Waals surface area contributed by atoms with Crippen molar-refractivity contribution in [3.8, 4) is 0 Å². The van der Waals surface area contributed by atoms with Crippen molar-refractivity contribution in [2.24, 2.45) is 0 Å². The molecule has 0 aliphatic heterocycles. The van der Waals surface area contributed by atoms with Gasteiger partial charge >= 0.3 is 6.09 Å².